The van der Waals surface area contributed by atoms with Crippen molar-refractivity contribution in [2.45, 2.75) is 11.8 Å². The van der Waals surface area contributed by atoms with Gasteiger partial charge in [-0.3, -0.25) is 0 Å². The van der Waals surface area contributed by atoms with E-state index in [0.717, 1.165) is 28.2 Å². The quantitative estimate of drug-likeness (QED) is 0.0902. The summed E-state index contributed by atoms with van der Waals surface area (Å²) in [4.78, 5) is 2.22. The van der Waals surface area contributed by atoms with Gasteiger partial charge >= 0.3 is 0 Å². The average Bonchev–Trinajstić information content (AvgIpc) is 3.49. The number of ether oxygens (including phenoxy) is 1. The van der Waals surface area contributed by atoms with E-state index in [1.807, 2.05) is 24.3 Å². The van der Waals surface area contributed by atoms with Gasteiger partial charge in [0.2, 0.25) is 0 Å². The minimum absolute atomic E-state index is 0.311. The van der Waals surface area contributed by atoms with Crippen molar-refractivity contribution in [2.75, 3.05) is 11.5 Å². The van der Waals surface area contributed by atoms with E-state index >= 15 is 0 Å². The third-order valence-electron chi connectivity index (χ3n) is 9.54. The van der Waals surface area contributed by atoms with Crippen LogP contribution in [-0.2, 0) is 10.2 Å². The molecule has 0 fully saturated rings. The van der Waals surface area contributed by atoms with Gasteiger partial charge in [0.05, 0.1) is 17.4 Å². The van der Waals surface area contributed by atoms with E-state index in [1.54, 1.807) is 12.3 Å². The average molecular weight is 660 g/mol. The van der Waals surface area contributed by atoms with Crippen LogP contribution in [0.15, 0.2) is 219 Å². The van der Waals surface area contributed by atoms with E-state index in [4.69, 9.17) is 4.74 Å². The van der Waals surface area contributed by atoms with Crippen molar-refractivity contribution in [1.82, 2.24) is 0 Å². The Morgan fingerprint density at radius 2 is 1.18 bits per heavy atom. The third kappa shape index (κ3) is 6.52. The van der Waals surface area contributed by atoms with E-state index in [1.165, 1.54) is 38.9 Å². The van der Waals surface area contributed by atoms with Crippen LogP contribution in [-0.4, -0.2) is 6.61 Å². The Bertz CT molecular complexity index is 2170. The van der Waals surface area contributed by atoms with Gasteiger partial charge in [0, 0.05) is 11.4 Å². The minimum Gasteiger partial charge on any atom is -0.495 e. The maximum Gasteiger partial charge on any atom is 0.127 e. The number of allylic oxidation sites excluding steroid dienone is 5. The Morgan fingerprint density at radius 3 is 1.84 bits per heavy atom. The summed E-state index contributed by atoms with van der Waals surface area (Å²) < 4.78 is 6.08. The molecule has 0 aromatic heterocycles. The summed E-state index contributed by atoms with van der Waals surface area (Å²) in [6.45, 7) is 12.7. The number of rotatable bonds is 13. The zero-order valence-corrected chi connectivity index (χ0v) is 28.8. The highest BCUT2D eigenvalue weighted by atomic mass is 16.5. The van der Waals surface area contributed by atoms with Crippen LogP contribution >= 0.6 is 0 Å². The molecule has 6 aromatic carbocycles. The van der Waals surface area contributed by atoms with Gasteiger partial charge in [-0.25, -0.2) is 0 Å². The smallest absolute Gasteiger partial charge is 0.127 e. The first kappa shape index (κ1) is 33.1. The highest BCUT2D eigenvalue weighted by molar-refractivity contribution is 5.88. The first-order valence-corrected chi connectivity index (χ1v) is 17.3. The molecular weight excluding hydrogens is 619 g/mol. The summed E-state index contributed by atoms with van der Waals surface area (Å²) in [5, 5.41) is 0. The van der Waals surface area contributed by atoms with Gasteiger partial charge < -0.3 is 9.64 Å². The Kier molecular flexibility index (Phi) is 9.76. The summed E-state index contributed by atoms with van der Waals surface area (Å²) in [5.41, 5.74) is 13.1. The number of hydrogen-bond donors (Lipinski definition) is 0. The summed E-state index contributed by atoms with van der Waals surface area (Å²) in [7, 11) is 0. The van der Waals surface area contributed by atoms with Crippen molar-refractivity contribution in [3.8, 4) is 22.3 Å². The van der Waals surface area contributed by atoms with Crippen molar-refractivity contribution in [3.05, 3.63) is 242 Å². The Hall–Kier alpha value is -6.38. The second-order valence-corrected chi connectivity index (χ2v) is 12.7. The van der Waals surface area contributed by atoms with Crippen LogP contribution in [0, 0.1) is 0 Å². The van der Waals surface area contributed by atoms with Crippen molar-refractivity contribution in [1.29, 1.82) is 0 Å². The van der Waals surface area contributed by atoms with Gasteiger partial charge in [-0.2, -0.15) is 0 Å². The number of fused-ring (bicyclic) bond motifs is 3. The molecule has 0 radical (unpaired) electrons. The lowest BCUT2D eigenvalue weighted by Gasteiger charge is -2.35. The standard InChI is InChI=1S/C49H41NO/c1-4-5-18-37(2)19-17-34-51-36-38(3)50(43-30-28-40(29-31-43)39-20-9-6-10-21-39)44-32-33-46-45-26-15-16-27-47(45)49(48(46)35-44,41-22-11-7-12-23-41)42-24-13-8-14-25-42/h4-18,20-35H,1-3,19,36H2/b18-5-,34-17+. The topological polar surface area (TPSA) is 12.5 Å². The van der Waals surface area contributed by atoms with Gasteiger partial charge in [-0.1, -0.05) is 177 Å². The van der Waals surface area contributed by atoms with Crippen LogP contribution in [0.1, 0.15) is 28.7 Å². The summed E-state index contributed by atoms with van der Waals surface area (Å²) >= 11 is 0. The summed E-state index contributed by atoms with van der Waals surface area (Å²) in [6, 6.07) is 56.6. The lowest BCUT2D eigenvalue weighted by molar-refractivity contribution is 0.278. The Balaban J connectivity index is 1.33. The van der Waals surface area contributed by atoms with E-state index in [9.17, 15) is 0 Å². The predicted molar refractivity (Wildman–Crippen MR) is 215 cm³/mol. The fraction of sp³-hybridized carbons (Fsp3) is 0.0612. The van der Waals surface area contributed by atoms with E-state index in [-0.39, 0.29) is 0 Å². The Labute approximate surface area is 302 Å². The molecule has 1 aliphatic carbocycles. The Morgan fingerprint density at radius 1 is 0.608 bits per heavy atom. The molecule has 0 aliphatic heterocycles. The molecule has 51 heavy (non-hydrogen) atoms. The van der Waals surface area contributed by atoms with Crippen LogP contribution in [0.4, 0.5) is 11.4 Å². The fourth-order valence-electron chi connectivity index (χ4n) is 7.27. The molecule has 0 N–H and O–H groups in total. The van der Waals surface area contributed by atoms with Crippen LogP contribution in [0.25, 0.3) is 22.3 Å². The number of benzene rings is 6. The second-order valence-electron chi connectivity index (χ2n) is 12.7. The molecule has 0 atom stereocenters. The molecule has 248 valence electrons. The normalized spacial score (nSPS) is 12.7. The SMILES string of the molecule is C=C/C=C\C(=C)C/C=C/OCC(=C)N(c1ccc(-c2ccccc2)cc1)c1ccc2c(c1)C(c1ccccc1)(c1ccccc1)c1ccccc1-2. The zero-order valence-electron chi connectivity index (χ0n) is 28.8. The monoisotopic (exact) mass is 659 g/mol. The molecule has 7 rings (SSSR count). The van der Waals surface area contributed by atoms with Crippen molar-refractivity contribution < 1.29 is 4.74 Å². The molecule has 6 aromatic rings. The highest BCUT2D eigenvalue weighted by Gasteiger charge is 2.46. The zero-order chi connectivity index (χ0) is 35.0. The van der Waals surface area contributed by atoms with E-state index in [0.29, 0.717) is 13.0 Å². The lowest BCUT2D eigenvalue weighted by atomic mass is 9.67. The second kappa shape index (κ2) is 15.0. The van der Waals surface area contributed by atoms with Gasteiger partial charge in [0.1, 0.15) is 6.61 Å². The first-order valence-electron chi connectivity index (χ1n) is 17.3. The van der Waals surface area contributed by atoms with Crippen molar-refractivity contribution in [3.63, 3.8) is 0 Å². The maximum absolute atomic E-state index is 6.08. The van der Waals surface area contributed by atoms with Gasteiger partial charge in [0.15, 0.2) is 0 Å². The van der Waals surface area contributed by atoms with Crippen LogP contribution in [0.3, 0.4) is 0 Å². The molecule has 2 heteroatoms. The van der Waals surface area contributed by atoms with E-state index in [2.05, 4.69) is 176 Å². The molecule has 0 amide bonds. The molecular formula is C49H41NO. The molecule has 0 unspecified atom stereocenters. The molecule has 1 aliphatic rings. The molecule has 0 heterocycles. The van der Waals surface area contributed by atoms with Crippen LogP contribution in [0.2, 0.25) is 0 Å². The van der Waals surface area contributed by atoms with Crippen LogP contribution in [0.5, 0.6) is 0 Å². The largest absolute Gasteiger partial charge is 0.495 e. The first-order chi connectivity index (χ1) is 25.1. The number of hydrogen-bond acceptors (Lipinski definition) is 2. The molecule has 2 nitrogen and oxygen atoms in total. The van der Waals surface area contributed by atoms with Crippen LogP contribution < -0.4 is 4.90 Å². The molecule has 0 saturated heterocycles. The van der Waals surface area contributed by atoms with Crippen molar-refractivity contribution >= 4 is 11.4 Å². The number of anilines is 2. The molecule has 0 saturated carbocycles. The number of nitrogens with zero attached hydrogens (tertiary/aromatic N) is 1. The van der Waals surface area contributed by atoms with E-state index < -0.39 is 5.41 Å². The third-order valence-corrected chi connectivity index (χ3v) is 9.54. The fourth-order valence-corrected chi connectivity index (χ4v) is 7.27. The maximum atomic E-state index is 6.08. The van der Waals surface area contributed by atoms with Crippen molar-refractivity contribution in [2.24, 2.45) is 0 Å². The molecule has 0 bridgehead atoms. The van der Waals surface area contributed by atoms with Gasteiger partial charge in [0.25, 0.3) is 0 Å². The predicted octanol–water partition coefficient (Wildman–Crippen LogP) is 12.6. The summed E-state index contributed by atoms with van der Waals surface area (Å²) in [5.74, 6) is 0. The van der Waals surface area contributed by atoms with Gasteiger partial charge in [-0.05, 0) is 81.3 Å². The lowest BCUT2D eigenvalue weighted by Crippen LogP contribution is -2.29. The minimum atomic E-state index is -0.504. The molecule has 0 spiro atoms. The summed E-state index contributed by atoms with van der Waals surface area (Å²) in [6.07, 6.45) is 9.99. The highest BCUT2D eigenvalue weighted by Crippen LogP contribution is 2.57. The van der Waals surface area contributed by atoms with Gasteiger partial charge in [-0.15, -0.1) is 0 Å².